The fourth-order valence-electron chi connectivity index (χ4n) is 5.08. The van der Waals surface area contributed by atoms with Gasteiger partial charge in [0, 0.05) is 25.9 Å². The van der Waals surface area contributed by atoms with E-state index in [0.29, 0.717) is 44.5 Å². The Morgan fingerprint density at radius 3 is 2.15 bits per heavy atom. The number of carbonyl (C=O) groups is 1. The van der Waals surface area contributed by atoms with Gasteiger partial charge in [-0.05, 0) is 22.8 Å². The van der Waals surface area contributed by atoms with Gasteiger partial charge in [0.1, 0.15) is 13.2 Å². The molecular formula is C32H36N4O4. The van der Waals surface area contributed by atoms with Crippen molar-refractivity contribution in [1.29, 1.82) is 0 Å². The minimum atomic E-state index is -0.207. The molecule has 8 heteroatoms. The quantitative estimate of drug-likeness (QED) is 0.416. The average molecular weight is 541 g/mol. The molecule has 0 aliphatic carbocycles. The second-order valence-electron chi connectivity index (χ2n) is 9.64. The summed E-state index contributed by atoms with van der Waals surface area (Å²) in [5.74, 6) is 0.320. The molecular weight excluding hydrogens is 504 g/mol. The summed E-state index contributed by atoms with van der Waals surface area (Å²) >= 11 is 0. The minimum Gasteiger partial charge on any atom is -0.488 e. The van der Waals surface area contributed by atoms with E-state index in [2.05, 4.69) is 29.3 Å². The van der Waals surface area contributed by atoms with Gasteiger partial charge in [-0.15, -0.1) is 0 Å². The van der Waals surface area contributed by atoms with Gasteiger partial charge < -0.3 is 24.8 Å². The number of amides is 1. The van der Waals surface area contributed by atoms with E-state index in [1.54, 1.807) is 12.0 Å². The summed E-state index contributed by atoms with van der Waals surface area (Å²) in [6.45, 7) is 2.21. The van der Waals surface area contributed by atoms with Crippen LogP contribution in [-0.2, 0) is 25.6 Å². The first kappa shape index (κ1) is 27.6. The van der Waals surface area contributed by atoms with Crippen LogP contribution >= 0.6 is 0 Å². The molecule has 2 N–H and O–H groups in total. The van der Waals surface area contributed by atoms with Gasteiger partial charge >= 0.3 is 0 Å². The number of hydrogen-bond donors (Lipinski definition) is 1. The van der Waals surface area contributed by atoms with E-state index in [1.807, 2.05) is 77.8 Å². The summed E-state index contributed by atoms with van der Waals surface area (Å²) in [5, 5.41) is 4.17. The second-order valence-corrected chi connectivity index (χ2v) is 9.64. The van der Waals surface area contributed by atoms with E-state index < -0.39 is 0 Å². The van der Waals surface area contributed by atoms with E-state index in [9.17, 15) is 4.79 Å². The van der Waals surface area contributed by atoms with Crippen molar-refractivity contribution in [2.75, 3.05) is 46.7 Å². The van der Waals surface area contributed by atoms with Crippen LogP contribution in [0, 0.1) is 0 Å². The first-order valence-electron chi connectivity index (χ1n) is 13.5. The number of fused-ring (bicyclic) bond motifs is 1. The van der Waals surface area contributed by atoms with Crippen LogP contribution in [-0.4, -0.2) is 67.5 Å². The molecule has 1 amide bonds. The predicted octanol–water partition coefficient (Wildman–Crippen LogP) is 4.04. The van der Waals surface area contributed by atoms with Crippen LogP contribution in [0.2, 0.25) is 0 Å². The molecule has 0 bridgehead atoms. The highest BCUT2D eigenvalue weighted by molar-refractivity contribution is 5.94. The number of hydrogen-bond acceptors (Lipinski definition) is 7. The van der Waals surface area contributed by atoms with Gasteiger partial charge in [-0.3, -0.25) is 9.80 Å². The molecule has 3 aromatic carbocycles. The van der Waals surface area contributed by atoms with Crippen LogP contribution in [0.15, 0.2) is 114 Å². The zero-order chi connectivity index (χ0) is 27.7. The molecule has 2 aliphatic heterocycles. The molecule has 0 aromatic heterocycles. The highest BCUT2D eigenvalue weighted by Gasteiger charge is 2.43. The van der Waals surface area contributed by atoms with Crippen molar-refractivity contribution in [2.45, 2.75) is 12.6 Å². The van der Waals surface area contributed by atoms with Gasteiger partial charge in [0.15, 0.2) is 11.5 Å². The predicted molar refractivity (Wildman–Crippen MR) is 153 cm³/mol. The first-order valence-corrected chi connectivity index (χ1v) is 13.5. The average Bonchev–Trinajstić information content (AvgIpc) is 2.99. The van der Waals surface area contributed by atoms with E-state index in [0.717, 1.165) is 22.4 Å². The summed E-state index contributed by atoms with van der Waals surface area (Å²) in [5.41, 5.74) is 10.7. The maximum Gasteiger partial charge on any atom is 0.276 e. The smallest absolute Gasteiger partial charge is 0.276 e. The van der Waals surface area contributed by atoms with E-state index >= 15 is 0 Å². The second kappa shape index (κ2) is 13.4. The third-order valence-corrected chi connectivity index (χ3v) is 7.04. The Morgan fingerprint density at radius 2 is 1.55 bits per heavy atom. The lowest BCUT2D eigenvalue weighted by atomic mass is 9.97. The molecule has 2 heterocycles. The fourth-order valence-corrected chi connectivity index (χ4v) is 5.08. The van der Waals surface area contributed by atoms with Crippen LogP contribution in [0.1, 0.15) is 22.7 Å². The fraction of sp³-hybridized carbons (Fsp3) is 0.281. The van der Waals surface area contributed by atoms with Crippen LogP contribution in [0.4, 0.5) is 0 Å². The van der Waals surface area contributed by atoms with Crippen molar-refractivity contribution < 1.29 is 19.0 Å². The van der Waals surface area contributed by atoms with Crippen molar-refractivity contribution in [3.05, 3.63) is 131 Å². The maximum atomic E-state index is 14.2. The minimum absolute atomic E-state index is 0.152. The van der Waals surface area contributed by atoms with Gasteiger partial charge in [0.2, 0.25) is 0 Å². The summed E-state index contributed by atoms with van der Waals surface area (Å²) in [6, 6.07) is 30.3. The third-order valence-electron chi connectivity index (χ3n) is 7.04. The van der Waals surface area contributed by atoms with Crippen LogP contribution < -0.4 is 5.73 Å². The molecule has 2 aliphatic rings. The highest BCUT2D eigenvalue weighted by atomic mass is 16.5. The number of benzene rings is 3. The first-order chi connectivity index (χ1) is 19.7. The van der Waals surface area contributed by atoms with Gasteiger partial charge in [-0.2, -0.15) is 5.01 Å². The van der Waals surface area contributed by atoms with E-state index in [1.165, 1.54) is 0 Å². The monoisotopic (exact) mass is 540 g/mol. The summed E-state index contributed by atoms with van der Waals surface area (Å²) in [7, 11) is 1.64. The summed E-state index contributed by atoms with van der Waals surface area (Å²) < 4.78 is 17.7. The molecule has 40 heavy (non-hydrogen) atoms. The zero-order valence-electron chi connectivity index (χ0n) is 22.8. The Hall–Kier alpha value is -3.95. The Kier molecular flexibility index (Phi) is 9.26. The molecule has 1 fully saturated rings. The SMILES string of the molecule is COCCN1CN(C(c2ccccc2)c2ccccc2)N2/C(CN)=C\COC/C(OCc3ccccc3)=C\2C1=O. The van der Waals surface area contributed by atoms with Crippen molar-refractivity contribution in [1.82, 2.24) is 14.9 Å². The molecule has 0 spiro atoms. The molecule has 8 nitrogen and oxygen atoms in total. The number of rotatable bonds is 10. The molecule has 1 saturated heterocycles. The van der Waals surface area contributed by atoms with Crippen molar-refractivity contribution in [3.8, 4) is 0 Å². The molecule has 3 aromatic rings. The zero-order valence-corrected chi connectivity index (χ0v) is 22.8. The van der Waals surface area contributed by atoms with Crippen LogP contribution in [0.3, 0.4) is 0 Å². The maximum absolute atomic E-state index is 14.2. The number of ether oxygens (including phenoxy) is 3. The molecule has 208 valence electrons. The normalized spacial score (nSPS) is 19.6. The Balaban J connectivity index is 1.66. The van der Waals surface area contributed by atoms with Gasteiger partial charge in [0.25, 0.3) is 5.91 Å². The lowest BCUT2D eigenvalue weighted by Gasteiger charge is -2.50. The number of hydrazine groups is 1. The lowest BCUT2D eigenvalue weighted by molar-refractivity contribution is -0.152. The Bertz CT molecular complexity index is 1280. The third kappa shape index (κ3) is 6.11. The molecule has 0 radical (unpaired) electrons. The Labute approximate surface area is 235 Å². The molecule has 0 unspecified atom stereocenters. The topological polar surface area (TPSA) is 80.5 Å². The summed E-state index contributed by atoms with van der Waals surface area (Å²) in [4.78, 5) is 16.0. The van der Waals surface area contributed by atoms with Crippen LogP contribution in [0.5, 0.6) is 0 Å². The van der Waals surface area contributed by atoms with E-state index in [-0.39, 0.29) is 25.1 Å². The van der Waals surface area contributed by atoms with Crippen LogP contribution in [0.25, 0.3) is 0 Å². The number of nitrogens with two attached hydrogens (primary N) is 1. The standard InChI is InChI=1S/C32H36N4O4/c1-38-20-18-34-24-35(30(26-13-7-3-8-14-26)27-15-9-4-10-16-27)36-28(21-33)17-19-39-23-29(31(36)32(34)37)40-22-25-11-5-2-6-12-25/h2-17,30H,18-24,33H2,1H3/b28-17-,31-29+. The Morgan fingerprint density at radius 1 is 0.925 bits per heavy atom. The molecule has 0 atom stereocenters. The van der Waals surface area contributed by atoms with Gasteiger partial charge in [-0.25, -0.2) is 0 Å². The van der Waals surface area contributed by atoms with Gasteiger partial charge in [0.05, 0.1) is 25.9 Å². The molecule has 0 saturated carbocycles. The largest absolute Gasteiger partial charge is 0.488 e. The number of nitrogens with zero attached hydrogens (tertiary/aromatic N) is 3. The number of carbonyl (C=O) groups excluding carboxylic acids is 1. The van der Waals surface area contributed by atoms with Crippen molar-refractivity contribution in [3.63, 3.8) is 0 Å². The van der Waals surface area contributed by atoms with Crippen molar-refractivity contribution in [2.24, 2.45) is 5.73 Å². The van der Waals surface area contributed by atoms with Crippen molar-refractivity contribution >= 4 is 5.91 Å². The van der Waals surface area contributed by atoms with Gasteiger partial charge in [-0.1, -0.05) is 91.0 Å². The molecule has 5 rings (SSSR count). The number of methoxy groups -OCH3 is 1. The summed E-state index contributed by atoms with van der Waals surface area (Å²) in [6.07, 6.45) is 1.95. The van der Waals surface area contributed by atoms with E-state index in [4.69, 9.17) is 19.9 Å². The lowest BCUT2D eigenvalue weighted by Crippen LogP contribution is -2.60. The highest BCUT2D eigenvalue weighted by Crippen LogP contribution is 2.38.